The molecular weight excluding hydrogens is 274 g/mol. The Kier molecular flexibility index (Phi) is 4.85. The average Bonchev–Trinajstić information content (AvgIpc) is 3.03. The Labute approximate surface area is 132 Å². The zero-order chi connectivity index (χ0) is 15.4. The van der Waals surface area contributed by atoms with Gasteiger partial charge in [-0.3, -0.25) is 14.8 Å². The van der Waals surface area contributed by atoms with E-state index in [2.05, 4.69) is 50.4 Å². The molecule has 3 heterocycles. The molecule has 0 amide bonds. The standard InChI is InChI=1S/C17H25N5/c1-3-21-8-7-19-17(21)14-20-9-11-22(12-10-20)15(2)16-5-4-6-18-13-16/h4-8,13,15H,3,9-12,14H2,1-2H3/t15-/m1/s1. The fourth-order valence-corrected chi connectivity index (χ4v) is 3.12. The van der Waals surface area contributed by atoms with Crippen molar-refractivity contribution >= 4 is 0 Å². The van der Waals surface area contributed by atoms with Gasteiger partial charge in [0.2, 0.25) is 0 Å². The number of hydrogen-bond acceptors (Lipinski definition) is 4. The molecule has 1 saturated heterocycles. The Bertz CT molecular complexity index is 572. The van der Waals surface area contributed by atoms with E-state index in [4.69, 9.17) is 0 Å². The van der Waals surface area contributed by atoms with E-state index in [9.17, 15) is 0 Å². The fourth-order valence-electron chi connectivity index (χ4n) is 3.12. The molecule has 0 radical (unpaired) electrons. The molecule has 1 atom stereocenters. The van der Waals surface area contributed by atoms with Gasteiger partial charge in [0.05, 0.1) is 6.54 Å². The minimum atomic E-state index is 0.438. The summed E-state index contributed by atoms with van der Waals surface area (Å²) in [5.74, 6) is 1.18. The average molecular weight is 299 g/mol. The first-order valence-electron chi connectivity index (χ1n) is 8.14. The molecule has 5 heteroatoms. The van der Waals surface area contributed by atoms with E-state index in [0.29, 0.717) is 6.04 Å². The SMILES string of the molecule is CCn1ccnc1CN1CCN([C@H](C)c2cccnc2)CC1. The smallest absolute Gasteiger partial charge is 0.122 e. The Morgan fingerprint density at radius 1 is 1.18 bits per heavy atom. The van der Waals surface area contributed by atoms with Gasteiger partial charge in [0, 0.05) is 63.6 Å². The van der Waals surface area contributed by atoms with E-state index in [0.717, 1.165) is 39.3 Å². The van der Waals surface area contributed by atoms with Crippen LogP contribution in [0.15, 0.2) is 36.9 Å². The van der Waals surface area contributed by atoms with Crippen LogP contribution in [0.4, 0.5) is 0 Å². The van der Waals surface area contributed by atoms with Gasteiger partial charge >= 0.3 is 0 Å². The van der Waals surface area contributed by atoms with Crippen LogP contribution in [-0.2, 0) is 13.1 Å². The Balaban J connectivity index is 1.54. The third-order valence-corrected chi connectivity index (χ3v) is 4.63. The van der Waals surface area contributed by atoms with Crippen molar-refractivity contribution in [2.24, 2.45) is 0 Å². The zero-order valence-corrected chi connectivity index (χ0v) is 13.5. The number of pyridine rings is 1. The van der Waals surface area contributed by atoms with Gasteiger partial charge in [-0.15, -0.1) is 0 Å². The van der Waals surface area contributed by atoms with Crippen LogP contribution in [0.2, 0.25) is 0 Å². The quantitative estimate of drug-likeness (QED) is 0.848. The molecule has 1 aliphatic rings. The van der Waals surface area contributed by atoms with Gasteiger partial charge in [-0.05, 0) is 25.5 Å². The third kappa shape index (κ3) is 3.36. The van der Waals surface area contributed by atoms with Crippen molar-refractivity contribution in [3.05, 3.63) is 48.3 Å². The van der Waals surface area contributed by atoms with E-state index >= 15 is 0 Å². The Morgan fingerprint density at radius 2 is 2.00 bits per heavy atom. The maximum absolute atomic E-state index is 4.48. The predicted molar refractivity (Wildman–Crippen MR) is 87.4 cm³/mol. The molecule has 0 spiro atoms. The lowest BCUT2D eigenvalue weighted by atomic mass is 10.1. The number of nitrogens with zero attached hydrogens (tertiary/aromatic N) is 5. The monoisotopic (exact) mass is 299 g/mol. The van der Waals surface area contributed by atoms with E-state index < -0.39 is 0 Å². The van der Waals surface area contributed by atoms with Crippen LogP contribution < -0.4 is 0 Å². The van der Waals surface area contributed by atoms with Crippen molar-refractivity contribution in [3.63, 3.8) is 0 Å². The maximum Gasteiger partial charge on any atom is 0.122 e. The summed E-state index contributed by atoms with van der Waals surface area (Å²) < 4.78 is 2.23. The van der Waals surface area contributed by atoms with E-state index in [1.165, 1.54) is 11.4 Å². The molecular formula is C17H25N5. The van der Waals surface area contributed by atoms with Gasteiger partial charge in [0.15, 0.2) is 0 Å². The number of rotatable bonds is 5. The largest absolute Gasteiger partial charge is 0.334 e. The van der Waals surface area contributed by atoms with E-state index in [1.54, 1.807) is 0 Å². The molecule has 1 aliphatic heterocycles. The van der Waals surface area contributed by atoms with Crippen LogP contribution in [0.1, 0.15) is 31.3 Å². The second-order valence-electron chi connectivity index (χ2n) is 5.90. The molecule has 0 bridgehead atoms. The topological polar surface area (TPSA) is 37.2 Å². The molecule has 2 aromatic rings. The zero-order valence-electron chi connectivity index (χ0n) is 13.5. The summed E-state index contributed by atoms with van der Waals surface area (Å²) in [5.41, 5.74) is 1.30. The van der Waals surface area contributed by atoms with Crippen LogP contribution in [0.3, 0.4) is 0 Å². The summed E-state index contributed by atoms with van der Waals surface area (Å²) in [5, 5.41) is 0. The first-order valence-corrected chi connectivity index (χ1v) is 8.14. The summed E-state index contributed by atoms with van der Waals surface area (Å²) in [4.78, 5) is 13.8. The second-order valence-corrected chi connectivity index (χ2v) is 5.90. The minimum Gasteiger partial charge on any atom is -0.334 e. The summed E-state index contributed by atoms with van der Waals surface area (Å²) in [6.45, 7) is 10.8. The highest BCUT2D eigenvalue weighted by molar-refractivity contribution is 5.13. The third-order valence-electron chi connectivity index (χ3n) is 4.63. The summed E-state index contributed by atoms with van der Waals surface area (Å²) in [7, 11) is 0. The summed E-state index contributed by atoms with van der Waals surface area (Å²) in [6, 6.07) is 4.63. The number of piperazine rings is 1. The molecule has 0 unspecified atom stereocenters. The Hall–Kier alpha value is -1.72. The molecule has 0 saturated carbocycles. The van der Waals surface area contributed by atoms with Crippen LogP contribution in [0.5, 0.6) is 0 Å². The maximum atomic E-state index is 4.48. The van der Waals surface area contributed by atoms with Crippen LogP contribution in [-0.4, -0.2) is 50.5 Å². The molecule has 22 heavy (non-hydrogen) atoms. The van der Waals surface area contributed by atoms with Crippen molar-refractivity contribution in [2.45, 2.75) is 33.0 Å². The highest BCUT2D eigenvalue weighted by atomic mass is 15.3. The molecule has 2 aromatic heterocycles. The van der Waals surface area contributed by atoms with Gasteiger partial charge in [-0.2, -0.15) is 0 Å². The first kappa shape index (κ1) is 15.2. The van der Waals surface area contributed by atoms with Crippen LogP contribution in [0.25, 0.3) is 0 Å². The molecule has 0 N–H and O–H groups in total. The Morgan fingerprint density at radius 3 is 2.68 bits per heavy atom. The lowest BCUT2D eigenvalue weighted by molar-refractivity contribution is 0.0954. The van der Waals surface area contributed by atoms with Crippen molar-refractivity contribution < 1.29 is 0 Å². The number of imidazole rings is 1. The summed E-state index contributed by atoms with van der Waals surface area (Å²) in [6.07, 6.45) is 7.79. The molecule has 1 fully saturated rings. The second kappa shape index (κ2) is 7.03. The van der Waals surface area contributed by atoms with Crippen LogP contribution >= 0.6 is 0 Å². The van der Waals surface area contributed by atoms with Crippen molar-refractivity contribution in [1.29, 1.82) is 0 Å². The minimum absolute atomic E-state index is 0.438. The predicted octanol–water partition coefficient (Wildman–Crippen LogP) is 2.18. The van der Waals surface area contributed by atoms with Crippen molar-refractivity contribution in [1.82, 2.24) is 24.3 Å². The molecule has 118 valence electrons. The fraction of sp³-hybridized carbons (Fsp3) is 0.529. The van der Waals surface area contributed by atoms with Crippen molar-refractivity contribution in [2.75, 3.05) is 26.2 Å². The molecule has 3 rings (SSSR count). The number of aryl methyl sites for hydroxylation is 1. The lowest BCUT2D eigenvalue weighted by Gasteiger charge is -2.38. The highest BCUT2D eigenvalue weighted by Gasteiger charge is 2.22. The summed E-state index contributed by atoms with van der Waals surface area (Å²) >= 11 is 0. The lowest BCUT2D eigenvalue weighted by Crippen LogP contribution is -2.46. The van der Waals surface area contributed by atoms with E-state index in [-0.39, 0.29) is 0 Å². The van der Waals surface area contributed by atoms with Gasteiger partial charge in [0.1, 0.15) is 5.82 Å². The van der Waals surface area contributed by atoms with Gasteiger partial charge in [-0.25, -0.2) is 4.98 Å². The van der Waals surface area contributed by atoms with Crippen LogP contribution in [0, 0.1) is 0 Å². The number of aromatic nitrogens is 3. The molecule has 5 nitrogen and oxygen atoms in total. The molecule has 0 aliphatic carbocycles. The first-order chi connectivity index (χ1) is 10.8. The van der Waals surface area contributed by atoms with E-state index in [1.807, 2.05) is 24.7 Å². The normalized spacial score (nSPS) is 18.5. The molecule has 0 aromatic carbocycles. The van der Waals surface area contributed by atoms with Gasteiger partial charge in [0.25, 0.3) is 0 Å². The number of hydrogen-bond donors (Lipinski definition) is 0. The van der Waals surface area contributed by atoms with Crippen molar-refractivity contribution in [3.8, 4) is 0 Å². The highest BCUT2D eigenvalue weighted by Crippen LogP contribution is 2.21. The van der Waals surface area contributed by atoms with Gasteiger partial charge in [-0.1, -0.05) is 6.07 Å². The van der Waals surface area contributed by atoms with Gasteiger partial charge < -0.3 is 4.57 Å².